The molecule has 0 bridgehead atoms. The fourth-order valence-corrected chi connectivity index (χ4v) is 3.21. The Morgan fingerprint density at radius 2 is 2.08 bits per heavy atom. The molecule has 0 spiro atoms. The van der Waals surface area contributed by atoms with E-state index in [-0.39, 0.29) is 11.6 Å². The van der Waals surface area contributed by atoms with Crippen molar-refractivity contribution in [2.24, 2.45) is 0 Å². The zero-order valence-electron chi connectivity index (χ0n) is 13.3. The Labute approximate surface area is 139 Å². The number of rotatable bonds is 6. The van der Waals surface area contributed by atoms with Crippen LogP contribution in [0.15, 0.2) is 46.2 Å². The molecule has 0 radical (unpaired) electrons. The van der Waals surface area contributed by atoms with Gasteiger partial charge < -0.3 is 9.51 Å². The van der Waals surface area contributed by atoms with Crippen LogP contribution in [-0.2, 0) is 23.0 Å². The first-order chi connectivity index (χ1) is 11.5. The van der Waals surface area contributed by atoms with Gasteiger partial charge in [0.15, 0.2) is 10.8 Å². The predicted octanol–water partition coefficient (Wildman–Crippen LogP) is 1.84. The molecule has 3 rings (SSSR count). The lowest BCUT2D eigenvalue weighted by Crippen LogP contribution is -2.26. The van der Waals surface area contributed by atoms with Crippen molar-refractivity contribution in [3.05, 3.63) is 48.2 Å². The number of hydrogen-bond donors (Lipinski definition) is 1. The van der Waals surface area contributed by atoms with E-state index < -0.39 is 10.0 Å². The van der Waals surface area contributed by atoms with E-state index in [1.807, 2.05) is 13.0 Å². The molecule has 3 aromatic rings. The van der Waals surface area contributed by atoms with Crippen molar-refractivity contribution in [1.82, 2.24) is 24.4 Å². The van der Waals surface area contributed by atoms with Crippen molar-refractivity contribution in [2.45, 2.75) is 24.9 Å². The van der Waals surface area contributed by atoms with Crippen molar-refractivity contribution < 1.29 is 12.9 Å². The minimum Gasteiger partial charge on any atom is -0.359 e. The summed E-state index contributed by atoms with van der Waals surface area (Å²) in [5, 5.41) is 3.99. The van der Waals surface area contributed by atoms with Crippen molar-refractivity contribution in [3.8, 4) is 11.4 Å². The van der Waals surface area contributed by atoms with Gasteiger partial charge in [-0.25, -0.2) is 13.4 Å². The van der Waals surface area contributed by atoms with Gasteiger partial charge in [-0.15, -0.1) is 0 Å². The first kappa shape index (κ1) is 16.3. The van der Waals surface area contributed by atoms with Gasteiger partial charge in [0.1, 0.15) is 11.5 Å². The van der Waals surface area contributed by atoms with Gasteiger partial charge in [0.2, 0.25) is 0 Å². The summed E-state index contributed by atoms with van der Waals surface area (Å²) in [4.78, 5) is 11.0. The molecule has 1 N–H and O–H groups in total. The summed E-state index contributed by atoms with van der Waals surface area (Å²) in [5.41, 5.74) is 1.23. The maximum atomic E-state index is 12.5. The van der Waals surface area contributed by atoms with Crippen molar-refractivity contribution in [1.29, 1.82) is 0 Å². The lowest BCUT2D eigenvalue weighted by molar-refractivity contribution is 0.344. The molecule has 0 saturated carbocycles. The number of nitrogens with zero attached hydrogens (tertiary/aromatic N) is 4. The Bertz CT molecular complexity index is 918. The highest BCUT2D eigenvalue weighted by molar-refractivity contribution is 7.89. The van der Waals surface area contributed by atoms with E-state index >= 15 is 0 Å². The van der Waals surface area contributed by atoms with Crippen LogP contribution in [0.4, 0.5) is 0 Å². The normalized spacial score (nSPS) is 12.0. The van der Waals surface area contributed by atoms with E-state index in [2.05, 4.69) is 20.1 Å². The van der Waals surface area contributed by atoms with E-state index in [0.29, 0.717) is 29.4 Å². The third kappa shape index (κ3) is 3.22. The Morgan fingerprint density at radius 3 is 2.75 bits per heavy atom. The number of imidazole rings is 1. The lowest BCUT2D eigenvalue weighted by Gasteiger charge is -2.13. The SMILES string of the molecule is CCc1ncc(S(=O)(=O)N(C)Cc2cc(-c3ccccn3)no2)[nH]1. The monoisotopic (exact) mass is 347 g/mol. The zero-order chi connectivity index (χ0) is 17.2. The summed E-state index contributed by atoms with van der Waals surface area (Å²) in [6.07, 6.45) is 3.61. The molecule has 3 heterocycles. The standard InChI is InChI=1S/C15H17N5O3S/c1-3-14-17-9-15(18-14)24(21,22)20(2)10-11-8-13(19-23-11)12-6-4-5-7-16-12/h4-9H,3,10H2,1-2H3,(H,17,18). The summed E-state index contributed by atoms with van der Waals surface area (Å²) in [5.74, 6) is 1.05. The quantitative estimate of drug-likeness (QED) is 0.729. The van der Waals surface area contributed by atoms with E-state index in [4.69, 9.17) is 4.52 Å². The van der Waals surface area contributed by atoms with E-state index in [0.717, 1.165) is 0 Å². The zero-order valence-corrected chi connectivity index (χ0v) is 14.1. The van der Waals surface area contributed by atoms with Crippen molar-refractivity contribution in [3.63, 3.8) is 0 Å². The summed E-state index contributed by atoms with van der Waals surface area (Å²) in [6, 6.07) is 7.13. The van der Waals surface area contributed by atoms with Gasteiger partial charge in [0.25, 0.3) is 10.0 Å². The highest BCUT2D eigenvalue weighted by Gasteiger charge is 2.24. The second-order valence-electron chi connectivity index (χ2n) is 5.20. The average molecular weight is 347 g/mol. The Kier molecular flexibility index (Phi) is 4.45. The van der Waals surface area contributed by atoms with Crippen LogP contribution in [0.5, 0.6) is 0 Å². The summed E-state index contributed by atoms with van der Waals surface area (Å²) >= 11 is 0. The summed E-state index contributed by atoms with van der Waals surface area (Å²) in [7, 11) is -2.19. The Morgan fingerprint density at radius 1 is 1.25 bits per heavy atom. The number of pyridine rings is 1. The van der Waals surface area contributed by atoms with Gasteiger partial charge >= 0.3 is 0 Å². The molecule has 0 aliphatic carbocycles. The van der Waals surface area contributed by atoms with Crippen LogP contribution in [-0.4, -0.2) is 39.9 Å². The van der Waals surface area contributed by atoms with Crippen LogP contribution in [0.25, 0.3) is 11.4 Å². The predicted molar refractivity (Wildman–Crippen MR) is 86.4 cm³/mol. The molecule has 0 atom stereocenters. The van der Waals surface area contributed by atoms with Crippen LogP contribution in [0.3, 0.4) is 0 Å². The topological polar surface area (TPSA) is 105 Å². The molecule has 0 aliphatic heterocycles. The second kappa shape index (κ2) is 6.54. The Hall–Kier alpha value is -2.52. The first-order valence-electron chi connectivity index (χ1n) is 7.38. The largest absolute Gasteiger partial charge is 0.359 e. The van der Waals surface area contributed by atoms with Crippen LogP contribution in [0, 0.1) is 0 Å². The molecular weight excluding hydrogens is 330 g/mol. The second-order valence-corrected chi connectivity index (χ2v) is 7.22. The molecule has 0 aromatic carbocycles. The maximum Gasteiger partial charge on any atom is 0.260 e. The first-order valence-corrected chi connectivity index (χ1v) is 8.82. The van der Waals surface area contributed by atoms with Gasteiger partial charge in [-0.3, -0.25) is 4.98 Å². The highest BCUT2D eigenvalue weighted by Crippen LogP contribution is 2.19. The fraction of sp³-hybridized carbons (Fsp3) is 0.267. The Balaban J connectivity index is 1.77. The van der Waals surface area contributed by atoms with Gasteiger partial charge in [0, 0.05) is 25.7 Å². The number of nitrogens with one attached hydrogen (secondary N) is 1. The van der Waals surface area contributed by atoms with Crippen molar-refractivity contribution in [2.75, 3.05) is 7.05 Å². The molecular formula is C15H17N5O3S. The number of sulfonamides is 1. The smallest absolute Gasteiger partial charge is 0.260 e. The molecule has 0 fully saturated rings. The number of hydrogen-bond acceptors (Lipinski definition) is 6. The molecule has 8 nitrogen and oxygen atoms in total. The van der Waals surface area contributed by atoms with Gasteiger partial charge in [-0.2, -0.15) is 4.31 Å². The molecule has 0 aliphatic rings. The number of aryl methyl sites for hydroxylation is 1. The summed E-state index contributed by atoms with van der Waals surface area (Å²) in [6.45, 7) is 1.95. The van der Waals surface area contributed by atoms with Crippen molar-refractivity contribution >= 4 is 10.0 Å². The highest BCUT2D eigenvalue weighted by atomic mass is 32.2. The number of H-pyrrole nitrogens is 1. The molecule has 0 amide bonds. The van der Waals surface area contributed by atoms with E-state index in [9.17, 15) is 8.42 Å². The molecule has 126 valence electrons. The van der Waals surface area contributed by atoms with Gasteiger partial charge in [-0.1, -0.05) is 18.1 Å². The van der Waals surface area contributed by atoms with Gasteiger partial charge in [-0.05, 0) is 12.1 Å². The van der Waals surface area contributed by atoms with Crippen LogP contribution >= 0.6 is 0 Å². The van der Waals surface area contributed by atoms with Gasteiger partial charge in [0.05, 0.1) is 18.4 Å². The minimum absolute atomic E-state index is 0.0582. The van der Waals surface area contributed by atoms with Crippen LogP contribution in [0.2, 0.25) is 0 Å². The maximum absolute atomic E-state index is 12.5. The lowest BCUT2D eigenvalue weighted by atomic mass is 10.2. The van der Waals surface area contributed by atoms with Crippen LogP contribution < -0.4 is 0 Å². The molecule has 3 aromatic heterocycles. The van der Waals surface area contributed by atoms with E-state index in [1.165, 1.54) is 17.5 Å². The molecule has 0 unspecified atom stereocenters. The number of aromatic amines is 1. The third-order valence-corrected chi connectivity index (χ3v) is 5.21. The van der Waals surface area contributed by atoms with E-state index in [1.54, 1.807) is 24.4 Å². The number of aromatic nitrogens is 4. The average Bonchev–Trinajstić information content (AvgIpc) is 3.25. The minimum atomic E-state index is -3.67. The molecule has 9 heteroatoms. The molecule has 0 saturated heterocycles. The third-order valence-electron chi connectivity index (χ3n) is 3.49. The fourth-order valence-electron chi connectivity index (χ4n) is 2.15. The molecule has 24 heavy (non-hydrogen) atoms. The summed E-state index contributed by atoms with van der Waals surface area (Å²) < 4.78 is 31.5. The van der Waals surface area contributed by atoms with Crippen LogP contribution in [0.1, 0.15) is 18.5 Å².